The SMILES string of the molecule is NC(=O)/C(=C/c1cccc([N+](=O)[O-])c1)c1ccccc1. The van der Waals surface area contributed by atoms with E-state index >= 15 is 0 Å². The summed E-state index contributed by atoms with van der Waals surface area (Å²) >= 11 is 0. The third-order valence-electron chi connectivity index (χ3n) is 2.74. The Bertz CT molecular complexity index is 679. The van der Waals surface area contributed by atoms with Gasteiger partial charge in [0.25, 0.3) is 5.69 Å². The number of amides is 1. The Hall–Kier alpha value is -2.95. The van der Waals surface area contributed by atoms with Crippen LogP contribution >= 0.6 is 0 Å². The number of rotatable bonds is 4. The van der Waals surface area contributed by atoms with Gasteiger partial charge in [0.15, 0.2) is 0 Å². The van der Waals surface area contributed by atoms with Crippen LogP contribution in [-0.4, -0.2) is 10.8 Å². The zero-order valence-corrected chi connectivity index (χ0v) is 10.5. The van der Waals surface area contributed by atoms with Gasteiger partial charge in [-0.15, -0.1) is 0 Å². The lowest BCUT2D eigenvalue weighted by Gasteiger charge is -2.04. The molecule has 5 nitrogen and oxygen atoms in total. The summed E-state index contributed by atoms with van der Waals surface area (Å²) in [4.78, 5) is 21.8. The van der Waals surface area contributed by atoms with Gasteiger partial charge in [-0.05, 0) is 17.2 Å². The minimum absolute atomic E-state index is 0.0318. The smallest absolute Gasteiger partial charge is 0.270 e. The van der Waals surface area contributed by atoms with Crippen LogP contribution in [0.25, 0.3) is 11.6 Å². The molecular formula is C15H12N2O3. The predicted molar refractivity (Wildman–Crippen MR) is 76.6 cm³/mol. The molecule has 0 saturated heterocycles. The maximum Gasteiger partial charge on any atom is 0.270 e. The first-order valence-electron chi connectivity index (χ1n) is 5.89. The third-order valence-corrected chi connectivity index (χ3v) is 2.74. The number of non-ortho nitro benzene ring substituents is 1. The fourth-order valence-corrected chi connectivity index (χ4v) is 1.81. The zero-order chi connectivity index (χ0) is 14.5. The second-order valence-corrected chi connectivity index (χ2v) is 4.14. The average Bonchev–Trinajstić information content (AvgIpc) is 2.45. The monoisotopic (exact) mass is 268 g/mol. The van der Waals surface area contributed by atoms with Gasteiger partial charge >= 0.3 is 0 Å². The molecule has 2 N–H and O–H groups in total. The van der Waals surface area contributed by atoms with Crippen molar-refractivity contribution >= 4 is 23.2 Å². The molecule has 0 aliphatic heterocycles. The van der Waals surface area contributed by atoms with E-state index in [0.717, 1.165) is 0 Å². The van der Waals surface area contributed by atoms with Crippen molar-refractivity contribution in [1.29, 1.82) is 0 Å². The Balaban J connectivity index is 2.47. The van der Waals surface area contributed by atoms with Gasteiger partial charge in [0.1, 0.15) is 0 Å². The fourth-order valence-electron chi connectivity index (χ4n) is 1.81. The van der Waals surface area contributed by atoms with Crippen molar-refractivity contribution in [3.05, 3.63) is 75.8 Å². The molecule has 2 aromatic carbocycles. The lowest BCUT2D eigenvalue weighted by Crippen LogP contribution is -2.12. The Morgan fingerprint density at radius 1 is 1.10 bits per heavy atom. The van der Waals surface area contributed by atoms with Crippen molar-refractivity contribution in [2.45, 2.75) is 0 Å². The zero-order valence-electron chi connectivity index (χ0n) is 10.5. The number of nitro benzene ring substituents is 1. The number of nitrogens with zero attached hydrogens (tertiary/aromatic N) is 1. The highest BCUT2D eigenvalue weighted by molar-refractivity contribution is 6.23. The lowest BCUT2D eigenvalue weighted by molar-refractivity contribution is -0.384. The highest BCUT2D eigenvalue weighted by Crippen LogP contribution is 2.20. The summed E-state index contributed by atoms with van der Waals surface area (Å²) < 4.78 is 0. The quantitative estimate of drug-likeness (QED) is 0.400. The molecule has 5 heteroatoms. The maximum absolute atomic E-state index is 11.5. The molecule has 2 aromatic rings. The molecule has 0 aliphatic rings. The van der Waals surface area contributed by atoms with Crippen LogP contribution in [0.15, 0.2) is 54.6 Å². The van der Waals surface area contributed by atoms with Crippen molar-refractivity contribution in [2.24, 2.45) is 5.73 Å². The van der Waals surface area contributed by atoms with Crippen LogP contribution in [0.5, 0.6) is 0 Å². The van der Waals surface area contributed by atoms with Crippen molar-refractivity contribution in [3.63, 3.8) is 0 Å². The highest BCUT2D eigenvalue weighted by Gasteiger charge is 2.09. The first-order chi connectivity index (χ1) is 9.58. The Kier molecular flexibility index (Phi) is 3.91. The molecule has 100 valence electrons. The minimum Gasteiger partial charge on any atom is -0.366 e. The van der Waals surface area contributed by atoms with Crippen molar-refractivity contribution in [1.82, 2.24) is 0 Å². The summed E-state index contributed by atoms with van der Waals surface area (Å²) in [6.45, 7) is 0. The number of nitrogens with two attached hydrogens (primary N) is 1. The van der Waals surface area contributed by atoms with Crippen LogP contribution in [0.1, 0.15) is 11.1 Å². The Labute approximate surface area is 115 Å². The van der Waals surface area contributed by atoms with Gasteiger partial charge in [0.2, 0.25) is 5.91 Å². The molecule has 0 unspecified atom stereocenters. The predicted octanol–water partition coefficient (Wildman–Crippen LogP) is 2.62. The van der Waals surface area contributed by atoms with Gasteiger partial charge < -0.3 is 5.73 Å². The van der Waals surface area contributed by atoms with Gasteiger partial charge in [-0.25, -0.2) is 0 Å². The van der Waals surface area contributed by atoms with E-state index in [1.54, 1.807) is 42.5 Å². The molecule has 0 bridgehead atoms. The number of carbonyl (C=O) groups is 1. The summed E-state index contributed by atoms with van der Waals surface area (Å²) in [6, 6.07) is 15.0. The summed E-state index contributed by atoms with van der Waals surface area (Å²) in [5.41, 5.74) is 6.88. The van der Waals surface area contributed by atoms with E-state index in [1.165, 1.54) is 12.1 Å². The summed E-state index contributed by atoms with van der Waals surface area (Å²) in [5.74, 6) is -0.581. The molecule has 1 amide bonds. The van der Waals surface area contributed by atoms with Crippen LogP contribution in [-0.2, 0) is 4.79 Å². The van der Waals surface area contributed by atoms with E-state index in [1.807, 2.05) is 6.07 Å². The maximum atomic E-state index is 11.5. The second-order valence-electron chi connectivity index (χ2n) is 4.14. The molecule has 0 saturated carbocycles. The molecule has 20 heavy (non-hydrogen) atoms. The van der Waals surface area contributed by atoms with Gasteiger partial charge in [0.05, 0.1) is 4.92 Å². The number of hydrogen-bond acceptors (Lipinski definition) is 3. The number of benzene rings is 2. The lowest BCUT2D eigenvalue weighted by atomic mass is 10.0. The molecule has 0 heterocycles. The van der Waals surface area contributed by atoms with Crippen LogP contribution in [0.3, 0.4) is 0 Å². The highest BCUT2D eigenvalue weighted by atomic mass is 16.6. The molecule has 0 aromatic heterocycles. The standard InChI is InChI=1S/C15H12N2O3/c16-15(18)14(12-6-2-1-3-7-12)10-11-5-4-8-13(9-11)17(19)20/h1-10H,(H2,16,18)/b14-10+. The summed E-state index contributed by atoms with van der Waals surface area (Å²) in [6.07, 6.45) is 1.55. The largest absolute Gasteiger partial charge is 0.366 e. The van der Waals surface area contributed by atoms with Crippen LogP contribution in [0.4, 0.5) is 5.69 Å². The molecule has 0 aliphatic carbocycles. The van der Waals surface area contributed by atoms with E-state index in [-0.39, 0.29) is 5.69 Å². The third kappa shape index (κ3) is 3.08. The van der Waals surface area contributed by atoms with Crippen molar-refractivity contribution < 1.29 is 9.72 Å². The van der Waals surface area contributed by atoms with Gasteiger partial charge in [-0.2, -0.15) is 0 Å². The van der Waals surface area contributed by atoms with Gasteiger partial charge in [0, 0.05) is 17.7 Å². The number of nitro groups is 1. The van der Waals surface area contributed by atoms with Gasteiger partial charge in [-0.1, -0.05) is 42.5 Å². The molecule has 0 fully saturated rings. The first kappa shape index (κ1) is 13.5. The Morgan fingerprint density at radius 2 is 1.80 bits per heavy atom. The normalized spacial score (nSPS) is 11.1. The molecule has 2 rings (SSSR count). The van der Waals surface area contributed by atoms with Crippen LogP contribution in [0.2, 0.25) is 0 Å². The molecule has 0 atom stereocenters. The minimum atomic E-state index is -0.581. The summed E-state index contributed by atoms with van der Waals surface area (Å²) in [7, 11) is 0. The van der Waals surface area contributed by atoms with E-state index in [4.69, 9.17) is 5.73 Å². The molecule has 0 radical (unpaired) electrons. The number of hydrogen-bond donors (Lipinski definition) is 1. The first-order valence-corrected chi connectivity index (χ1v) is 5.89. The van der Waals surface area contributed by atoms with E-state index < -0.39 is 10.8 Å². The van der Waals surface area contributed by atoms with Gasteiger partial charge in [-0.3, -0.25) is 14.9 Å². The van der Waals surface area contributed by atoms with E-state index in [2.05, 4.69) is 0 Å². The molecular weight excluding hydrogens is 256 g/mol. The van der Waals surface area contributed by atoms with Crippen molar-refractivity contribution in [3.8, 4) is 0 Å². The fraction of sp³-hybridized carbons (Fsp3) is 0. The van der Waals surface area contributed by atoms with Crippen LogP contribution < -0.4 is 5.73 Å². The second kappa shape index (κ2) is 5.79. The van der Waals surface area contributed by atoms with Crippen molar-refractivity contribution in [2.75, 3.05) is 0 Å². The van der Waals surface area contributed by atoms with Crippen LogP contribution in [0, 0.1) is 10.1 Å². The average molecular weight is 268 g/mol. The van der Waals surface area contributed by atoms with E-state index in [9.17, 15) is 14.9 Å². The summed E-state index contributed by atoms with van der Waals surface area (Å²) in [5, 5.41) is 10.7. The number of carbonyl (C=O) groups excluding carboxylic acids is 1. The molecule has 0 spiro atoms. The number of primary amides is 1. The van der Waals surface area contributed by atoms with E-state index in [0.29, 0.717) is 16.7 Å². The topological polar surface area (TPSA) is 86.2 Å². The Morgan fingerprint density at radius 3 is 2.40 bits per heavy atom.